The largest absolute Gasteiger partial charge is 0.396 e. The number of fused-ring (bicyclic) bond motifs is 4. The molecule has 0 heterocycles. The third-order valence-corrected chi connectivity index (χ3v) is 11.3. The molecule has 2 N–H and O–H groups in total. The van der Waals surface area contributed by atoms with Gasteiger partial charge in [-0.25, -0.2) is 0 Å². The van der Waals surface area contributed by atoms with Crippen LogP contribution < -0.4 is 4.90 Å². The Balaban J connectivity index is 1.51. The first-order valence-electron chi connectivity index (χ1n) is 13.6. The summed E-state index contributed by atoms with van der Waals surface area (Å²) in [5.41, 5.74) is 4.97. The highest BCUT2D eigenvalue weighted by molar-refractivity contribution is 5.91. The van der Waals surface area contributed by atoms with Crippen molar-refractivity contribution in [3.8, 4) is 0 Å². The summed E-state index contributed by atoms with van der Waals surface area (Å²) in [6, 6.07) is 7.06. The van der Waals surface area contributed by atoms with E-state index in [0.29, 0.717) is 48.7 Å². The minimum atomic E-state index is -0.682. The number of anilines is 1. The molecule has 0 saturated heterocycles. The van der Waals surface area contributed by atoms with Crippen LogP contribution in [0.15, 0.2) is 29.8 Å². The molecular weight excluding hydrogens is 422 g/mol. The van der Waals surface area contributed by atoms with Crippen molar-refractivity contribution in [3.63, 3.8) is 0 Å². The van der Waals surface area contributed by atoms with Crippen molar-refractivity contribution in [1.29, 1.82) is 0 Å². The molecule has 7 atom stereocenters. The molecule has 0 bridgehead atoms. The SMILES string of the molecule is CN(C)c1ccc2c(c1)C[C@]13CCC(=O)C=C1CC[C@@H]1[C@@H]3[C@@H]2C[C@@]2(C)[C@@H]1CC[C@]2(O)CCCO. The molecule has 4 heteroatoms. The Bertz CT molecular complexity index is 1050. The van der Waals surface area contributed by atoms with Gasteiger partial charge in [-0.05, 0) is 122 Å². The van der Waals surface area contributed by atoms with Crippen LogP contribution in [0.5, 0.6) is 0 Å². The van der Waals surface area contributed by atoms with Crippen molar-refractivity contribution in [2.75, 3.05) is 25.6 Å². The van der Waals surface area contributed by atoms with E-state index in [9.17, 15) is 15.0 Å². The van der Waals surface area contributed by atoms with E-state index in [1.807, 2.05) is 6.08 Å². The van der Waals surface area contributed by atoms with E-state index in [4.69, 9.17) is 0 Å². The summed E-state index contributed by atoms with van der Waals surface area (Å²) < 4.78 is 0. The van der Waals surface area contributed by atoms with E-state index in [2.05, 4.69) is 44.1 Å². The zero-order valence-electron chi connectivity index (χ0n) is 21.1. The number of benzene rings is 1. The number of hydrogen-bond acceptors (Lipinski definition) is 4. The summed E-state index contributed by atoms with van der Waals surface area (Å²) in [4.78, 5) is 14.7. The van der Waals surface area contributed by atoms with Crippen LogP contribution in [-0.4, -0.2) is 42.3 Å². The van der Waals surface area contributed by atoms with E-state index in [0.717, 1.165) is 44.9 Å². The number of aliphatic hydroxyl groups excluding tert-OH is 1. The maximum Gasteiger partial charge on any atom is 0.155 e. The van der Waals surface area contributed by atoms with Crippen LogP contribution in [0.1, 0.15) is 81.8 Å². The predicted octanol–water partition coefficient (Wildman–Crippen LogP) is 5.02. The van der Waals surface area contributed by atoms with Crippen LogP contribution in [0, 0.1) is 28.6 Å². The van der Waals surface area contributed by atoms with E-state index >= 15 is 0 Å². The number of allylic oxidation sites excluding steroid dienone is 1. The highest BCUT2D eigenvalue weighted by atomic mass is 16.3. The summed E-state index contributed by atoms with van der Waals surface area (Å²) in [5, 5.41) is 21.6. The van der Waals surface area contributed by atoms with Crippen molar-refractivity contribution >= 4 is 11.5 Å². The summed E-state index contributed by atoms with van der Waals surface area (Å²) in [7, 11) is 4.22. The summed E-state index contributed by atoms with van der Waals surface area (Å²) >= 11 is 0. The molecule has 1 spiro atoms. The fraction of sp³-hybridized carbons (Fsp3) is 0.700. The van der Waals surface area contributed by atoms with Crippen LogP contribution in [0.25, 0.3) is 0 Å². The molecule has 6 rings (SSSR count). The molecule has 1 aromatic carbocycles. The van der Waals surface area contributed by atoms with Crippen molar-refractivity contribution in [1.82, 2.24) is 0 Å². The van der Waals surface area contributed by atoms with Crippen molar-refractivity contribution < 1.29 is 15.0 Å². The Morgan fingerprint density at radius 1 is 1.15 bits per heavy atom. The maximum absolute atomic E-state index is 12.5. The van der Waals surface area contributed by atoms with Gasteiger partial charge in [-0.15, -0.1) is 0 Å². The second-order valence-corrected chi connectivity index (χ2v) is 12.7. The minimum Gasteiger partial charge on any atom is -0.396 e. The second kappa shape index (κ2) is 7.67. The molecule has 0 aromatic heterocycles. The molecule has 184 valence electrons. The molecule has 4 nitrogen and oxygen atoms in total. The minimum absolute atomic E-state index is 0.115. The number of nitrogens with zero attached hydrogens (tertiary/aromatic N) is 1. The van der Waals surface area contributed by atoms with E-state index in [1.165, 1.54) is 22.4 Å². The van der Waals surface area contributed by atoms with Gasteiger partial charge >= 0.3 is 0 Å². The van der Waals surface area contributed by atoms with Gasteiger partial charge in [0, 0.05) is 32.8 Å². The molecule has 1 aromatic rings. The predicted molar refractivity (Wildman–Crippen MR) is 135 cm³/mol. The Labute approximate surface area is 204 Å². The van der Waals surface area contributed by atoms with Gasteiger partial charge in [-0.3, -0.25) is 4.79 Å². The lowest BCUT2D eigenvalue weighted by atomic mass is 9.39. The lowest BCUT2D eigenvalue weighted by Crippen LogP contribution is -2.59. The van der Waals surface area contributed by atoms with Gasteiger partial charge in [0.1, 0.15) is 0 Å². The van der Waals surface area contributed by atoms with Gasteiger partial charge in [0.25, 0.3) is 0 Å². The Hall–Kier alpha value is -1.65. The average molecular weight is 464 g/mol. The van der Waals surface area contributed by atoms with Gasteiger partial charge in [-0.1, -0.05) is 18.6 Å². The standard InChI is InChI=1S/C30H41NO3/c1-28-18-25-23-8-6-21(31(2)3)15-19(23)17-29-12-9-22(33)16-20(29)5-7-24(27(25)29)26(28)10-13-30(28,34)11-4-14-32/h6,8,15-16,24-27,32,34H,4-5,7,9-14,17-18H2,1-3H3/t24-,25+,26+,27+,28-,29+,30+/m0/s1. The molecule has 34 heavy (non-hydrogen) atoms. The topological polar surface area (TPSA) is 60.8 Å². The number of hydrogen-bond donors (Lipinski definition) is 2. The molecule has 0 aliphatic heterocycles. The Morgan fingerprint density at radius 3 is 2.74 bits per heavy atom. The van der Waals surface area contributed by atoms with Crippen molar-refractivity contribution in [2.24, 2.45) is 28.6 Å². The lowest BCUT2D eigenvalue weighted by molar-refractivity contribution is -0.146. The molecule has 5 aliphatic rings. The monoisotopic (exact) mass is 463 g/mol. The summed E-state index contributed by atoms with van der Waals surface area (Å²) in [6.07, 6.45) is 11.4. The average Bonchev–Trinajstić information content (AvgIpc) is 3.08. The van der Waals surface area contributed by atoms with Crippen molar-refractivity contribution in [3.05, 3.63) is 41.0 Å². The third kappa shape index (κ3) is 2.94. The van der Waals surface area contributed by atoms with Gasteiger partial charge in [-0.2, -0.15) is 0 Å². The lowest BCUT2D eigenvalue weighted by Gasteiger charge is -2.65. The van der Waals surface area contributed by atoms with Gasteiger partial charge < -0.3 is 15.1 Å². The summed E-state index contributed by atoms with van der Waals surface area (Å²) in [5.74, 6) is 2.48. The van der Waals surface area contributed by atoms with Crippen LogP contribution in [0.4, 0.5) is 5.69 Å². The molecule has 3 saturated carbocycles. The molecule has 3 fully saturated rings. The van der Waals surface area contributed by atoms with Crippen LogP contribution in [-0.2, 0) is 11.2 Å². The highest BCUT2D eigenvalue weighted by Gasteiger charge is 2.68. The quantitative estimate of drug-likeness (QED) is 0.658. The summed E-state index contributed by atoms with van der Waals surface area (Å²) in [6.45, 7) is 2.53. The zero-order valence-corrected chi connectivity index (χ0v) is 21.1. The first-order valence-corrected chi connectivity index (χ1v) is 13.6. The number of rotatable bonds is 4. The molecule has 5 aliphatic carbocycles. The third-order valence-electron chi connectivity index (χ3n) is 11.3. The van der Waals surface area contributed by atoms with Crippen molar-refractivity contribution in [2.45, 2.75) is 82.7 Å². The van der Waals surface area contributed by atoms with Gasteiger partial charge in [0.15, 0.2) is 5.78 Å². The second-order valence-electron chi connectivity index (χ2n) is 12.7. The number of ketones is 1. The fourth-order valence-electron chi connectivity index (χ4n) is 9.75. The normalized spacial score (nSPS) is 42.3. The van der Waals surface area contributed by atoms with Gasteiger partial charge in [0.05, 0.1) is 5.60 Å². The van der Waals surface area contributed by atoms with Gasteiger partial charge in [0.2, 0.25) is 0 Å². The first kappa shape index (κ1) is 22.8. The Kier molecular flexibility index (Phi) is 5.14. The van der Waals surface area contributed by atoms with E-state index < -0.39 is 5.60 Å². The van der Waals surface area contributed by atoms with E-state index in [-0.39, 0.29) is 17.4 Å². The highest BCUT2D eigenvalue weighted by Crippen LogP contribution is 2.73. The zero-order chi connectivity index (χ0) is 23.9. The fourth-order valence-corrected chi connectivity index (χ4v) is 9.75. The molecule has 0 radical (unpaired) electrons. The molecule has 0 amide bonds. The Morgan fingerprint density at radius 2 is 1.97 bits per heavy atom. The number of carbonyl (C=O) groups excluding carboxylic acids is 1. The van der Waals surface area contributed by atoms with E-state index in [1.54, 1.807) is 0 Å². The molecular formula is C30H41NO3. The molecule has 0 unspecified atom stereocenters. The number of carbonyl (C=O) groups is 1. The smallest absolute Gasteiger partial charge is 0.155 e. The first-order chi connectivity index (χ1) is 16.2. The number of aliphatic hydroxyl groups is 2. The van der Waals surface area contributed by atoms with Crippen LogP contribution in [0.2, 0.25) is 0 Å². The van der Waals surface area contributed by atoms with Crippen LogP contribution >= 0.6 is 0 Å². The van der Waals surface area contributed by atoms with Crippen LogP contribution in [0.3, 0.4) is 0 Å². The maximum atomic E-state index is 12.5.